The molecule has 2 atom stereocenters. The quantitative estimate of drug-likeness (QED) is 0.785. The van der Waals surface area contributed by atoms with Crippen molar-refractivity contribution >= 4 is 19.6 Å². The Balaban J connectivity index is 2.78. The van der Waals surface area contributed by atoms with Gasteiger partial charge in [-0.25, -0.2) is 0 Å². The number of halogens is 1. The van der Waals surface area contributed by atoms with Crippen molar-refractivity contribution in [2.45, 2.75) is 12.3 Å². The van der Waals surface area contributed by atoms with E-state index in [1.807, 2.05) is 12.1 Å². The van der Waals surface area contributed by atoms with Gasteiger partial charge >= 0.3 is 8.03 Å². The van der Waals surface area contributed by atoms with E-state index >= 15 is 0 Å². The highest BCUT2D eigenvalue weighted by atomic mass is 35.5. The molecule has 3 nitrogen and oxygen atoms in total. The van der Waals surface area contributed by atoms with Crippen LogP contribution in [0.4, 0.5) is 0 Å². The molecule has 2 unspecified atom stereocenters. The van der Waals surface area contributed by atoms with Crippen LogP contribution in [0.25, 0.3) is 0 Å². The van der Waals surface area contributed by atoms with Crippen LogP contribution in [0.3, 0.4) is 0 Å². The summed E-state index contributed by atoms with van der Waals surface area (Å²) in [7, 11) is -2.12. The summed E-state index contributed by atoms with van der Waals surface area (Å²) in [5.74, 6) is 0.0425. The maximum Gasteiger partial charge on any atom is 0.506 e. The fourth-order valence-corrected chi connectivity index (χ4v) is 2.38. The molecule has 0 saturated carbocycles. The summed E-state index contributed by atoms with van der Waals surface area (Å²) < 4.78 is 10.8. The minimum Gasteiger partial charge on any atom is -0.330 e. The first-order chi connectivity index (χ1) is 7.13. The van der Waals surface area contributed by atoms with E-state index in [0.717, 1.165) is 5.56 Å². The second kappa shape index (κ2) is 6.19. The number of hydrogen-bond donors (Lipinski definition) is 2. The zero-order valence-corrected chi connectivity index (χ0v) is 9.92. The van der Waals surface area contributed by atoms with Crippen molar-refractivity contribution in [3.63, 3.8) is 0 Å². The first-order valence-electron chi connectivity index (χ1n) is 4.72. The van der Waals surface area contributed by atoms with Crippen LogP contribution in [0.2, 0.25) is 5.02 Å². The second-order valence-corrected chi connectivity index (χ2v) is 4.87. The molecule has 0 aliphatic heterocycles. The third-order valence-electron chi connectivity index (χ3n) is 2.23. The van der Waals surface area contributed by atoms with E-state index in [9.17, 15) is 4.57 Å². The zero-order valence-electron chi connectivity index (χ0n) is 8.27. The molecule has 3 N–H and O–H groups in total. The first-order valence-corrected chi connectivity index (χ1v) is 6.50. The molecule has 1 rings (SSSR count). The lowest BCUT2D eigenvalue weighted by Crippen LogP contribution is -2.09. The lowest BCUT2D eigenvalue weighted by Gasteiger charge is -2.10. The van der Waals surface area contributed by atoms with E-state index in [2.05, 4.69) is 0 Å². The van der Waals surface area contributed by atoms with Gasteiger partial charge in [0.05, 0.1) is 0 Å². The van der Waals surface area contributed by atoms with E-state index < -0.39 is 8.03 Å². The van der Waals surface area contributed by atoms with Gasteiger partial charge in [-0.1, -0.05) is 23.7 Å². The summed E-state index contributed by atoms with van der Waals surface area (Å²) in [6.07, 6.45) is 0.970. The van der Waals surface area contributed by atoms with Gasteiger partial charge in [-0.05, 0) is 35.2 Å². The first kappa shape index (κ1) is 12.6. The summed E-state index contributed by atoms with van der Waals surface area (Å²) in [5.41, 5.74) is 6.49. The summed E-state index contributed by atoms with van der Waals surface area (Å²) >= 11 is 5.77. The van der Waals surface area contributed by atoms with Gasteiger partial charge in [-0.15, -0.1) is 0 Å². The topological polar surface area (TPSA) is 63.3 Å². The van der Waals surface area contributed by atoms with Crippen molar-refractivity contribution in [1.29, 1.82) is 0 Å². The molecule has 0 heterocycles. The fraction of sp³-hybridized carbons (Fsp3) is 0.400. The highest BCUT2D eigenvalue weighted by molar-refractivity contribution is 7.38. The van der Waals surface area contributed by atoms with Crippen LogP contribution in [0.15, 0.2) is 24.3 Å². The Bertz CT molecular complexity index is 329. The lowest BCUT2D eigenvalue weighted by atomic mass is 9.98. The van der Waals surface area contributed by atoms with Gasteiger partial charge < -0.3 is 5.73 Å². The van der Waals surface area contributed by atoms with Gasteiger partial charge in [0.25, 0.3) is 0 Å². The summed E-state index contributed by atoms with van der Waals surface area (Å²) in [4.78, 5) is 8.91. The van der Waals surface area contributed by atoms with E-state index in [4.69, 9.17) is 22.2 Å². The van der Waals surface area contributed by atoms with Crippen LogP contribution in [0, 0.1) is 0 Å². The molecule has 1 aromatic carbocycles. The van der Waals surface area contributed by atoms with E-state index in [-0.39, 0.29) is 12.1 Å². The van der Waals surface area contributed by atoms with E-state index in [1.165, 1.54) is 0 Å². The lowest BCUT2D eigenvalue weighted by molar-refractivity contribution is 0.495. The van der Waals surface area contributed by atoms with Crippen molar-refractivity contribution in [3.05, 3.63) is 34.9 Å². The Morgan fingerprint density at radius 1 is 1.40 bits per heavy atom. The van der Waals surface area contributed by atoms with Gasteiger partial charge in [-0.2, -0.15) is 4.89 Å². The molecule has 82 valence electrons. The maximum absolute atomic E-state index is 10.8. The minimum atomic E-state index is -2.12. The molecule has 1 aromatic rings. The number of benzene rings is 1. The molecule has 0 aliphatic carbocycles. The normalized spacial score (nSPS) is 13.7. The van der Waals surface area contributed by atoms with Crippen LogP contribution in [0.1, 0.15) is 17.9 Å². The Morgan fingerprint density at radius 2 is 2.00 bits per heavy atom. The van der Waals surface area contributed by atoms with Crippen LogP contribution in [0.5, 0.6) is 0 Å². The van der Waals surface area contributed by atoms with Gasteiger partial charge in [0, 0.05) is 10.9 Å². The molecular weight excluding hydrogens is 233 g/mol. The standard InChI is InChI=1S/C10H13ClNO2P/c11-10-3-1-8(2-4-10)9(5-6-12)7-15(13)14/h1-4,9H,5-7,12H2/p+1. The Kier molecular flexibility index (Phi) is 5.20. The highest BCUT2D eigenvalue weighted by Crippen LogP contribution is 2.29. The summed E-state index contributed by atoms with van der Waals surface area (Å²) in [5, 5.41) is 0.665. The SMILES string of the molecule is NCCC(C[P+](=O)O)c1ccc(Cl)cc1. The fourth-order valence-electron chi connectivity index (χ4n) is 1.49. The minimum absolute atomic E-state index is 0.0425. The Morgan fingerprint density at radius 3 is 2.47 bits per heavy atom. The molecule has 0 aliphatic rings. The average molecular weight is 247 g/mol. The predicted octanol–water partition coefficient (Wildman–Crippen LogP) is 2.51. The Labute approximate surface area is 95.1 Å². The number of rotatable bonds is 5. The molecule has 15 heavy (non-hydrogen) atoms. The molecule has 0 aromatic heterocycles. The summed E-state index contributed by atoms with van der Waals surface area (Å²) in [6.45, 7) is 0.510. The molecule has 5 heteroatoms. The average Bonchev–Trinajstić information content (AvgIpc) is 2.17. The van der Waals surface area contributed by atoms with Gasteiger partial charge in [0.1, 0.15) is 0 Å². The van der Waals surface area contributed by atoms with Crippen molar-refractivity contribution < 1.29 is 9.46 Å². The third kappa shape index (κ3) is 4.27. The molecule has 0 bridgehead atoms. The van der Waals surface area contributed by atoms with Crippen molar-refractivity contribution in [3.8, 4) is 0 Å². The number of nitrogens with two attached hydrogens (primary N) is 1. The van der Waals surface area contributed by atoms with Gasteiger partial charge in [0.2, 0.25) is 0 Å². The van der Waals surface area contributed by atoms with E-state index in [0.29, 0.717) is 18.0 Å². The predicted molar refractivity (Wildman–Crippen MR) is 62.6 cm³/mol. The second-order valence-electron chi connectivity index (χ2n) is 3.36. The van der Waals surface area contributed by atoms with Crippen molar-refractivity contribution in [1.82, 2.24) is 0 Å². The van der Waals surface area contributed by atoms with Crippen LogP contribution in [-0.2, 0) is 4.57 Å². The molecule has 0 amide bonds. The Hall–Kier alpha value is -0.470. The highest BCUT2D eigenvalue weighted by Gasteiger charge is 2.22. The van der Waals surface area contributed by atoms with Crippen LogP contribution in [-0.4, -0.2) is 17.6 Å². The summed E-state index contributed by atoms with van der Waals surface area (Å²) in [6, 6.07) is 7.32. The molecule has 0 fully saturated rings. The maximum atomic E-state index is 10.8. The zero-order chi connectivity index (χ0) is 11.3. The third-order valence-corrected chi connectivity index (χ3v) is 3.24. The van der Waals surface area contributed by atoms with Crippen molar-refractivity contribution in [2.75, 3.05) is 12.7 Å². The molecular formula is C10H14ClNO2P+. The van der Waals surface area contributed by atoms with Gasteiger partial charge in [0.15, 0.2) is 6.16 Å². The largest absolute Gasteiger partial charge is 0.506 e. The van der Waals surface area contributed by atoms with E-state index in [1.54, 1.807) is 12.1 Å². The molecule has 0 saturated heterocycles. The molecule has 0 spiro atoms. The smallest absolute Gasteiger partial charge is 0.330 e. The van der Waals surface area contributed by atoms with Crippen LogP contribution < -0.4 is 5.73 Å². The monoisotopic (exact) mass is 246 g/mol. The van der Waals surface area contributed by atoms with Gasteiger partial charge in [-0.3, -0.25) is 0 Å². The molecule has 0 radical (unpaired) electrons. The van der Waals surface area contributed by atoms with Crippen molar-refractivity contribution in [2.24, 2.45) is 5.73 Å². The van der Waals surface area contributed by atoms with Crippen LogP contribution >= 0.6 is 19.6 Å². The number of hydrogen-bond acceptors (Lipinski definition) is 2.